The van der Waals surface area contributed by atoms with E-state index < -0.39 is 4.92 Å². The van der Waals surface area contributed by atoms with Gasteiger partial charge in [0.05, 0.1) is 26.2 Å². The number of benzene rings is 5. The lowest BCUT2D eigenvalue weighted by atomic mass is 10.1. The lowest BCUT2D eigenvalue weighted by molar-refractivity contribution is -0.384. The smallest absolute Gasteiger partial charge is 0.269 e. The summed E-state index contributed by atoms with van der Waals surface area (Å²) in [6.45, 7) is 0.777. The predicted octanol–water partition coefficient (Wildman–Crippen LogP) is 9.27. The summed E-state index contributed by atoms with van der Waals surface area (Å²) in [4.78, 5) is 34.9. The molecule has 1 saturated heterocycles. The number of para-hydroxylation sites is 1. The van der Waals surface area contributed by atoms with E-state index in [1.54, 1.807) is 24.1 Å². The van der Waals surface area contributed by atoms with Crippen LogP contribution in [0.5, 0.6) is 11.5 Å². The summed E-state index contributed by atoms with van der Waals surface area (Å²) < 4.78 is 12.9. The number of non-ortho nitro benzene ring substituents is 1. The van der Waals surface area contributed by atoms with E-state index in [-0.39, 0.29) is 11.6 Å². The topological polar surface area (TPSA) is 110 Å². The average Bonchev–Trinajstić information content (AvgIpc) is 3.66. The number of thioether (sulfide) groups is 1. The average molecular weight is 781 g/mol. The summed E-state index contributed by atoms with van der Waals surface area (Å²) >= 11 is 3.50. The Morgan fingerprint density at radius 1 is 0.980 bits per heavy atom. The van der Waals surface area contributed by atoms with Crippen molar-refractivity contribution in [2.45, 2.75) is 13.0 Å². The molecule has 11 heteroatoms. The van der Waals surface area contributed by atoms with Crippen LogP contribution in [-0.4, -0.2) is 39.5 Å². The highest BCUT2D eigenvalue weighted by atomic mass is 127. The number of aromatic nitrogens is 1. The maximum absolute atomic E-state index is 13.9. The Hall–Kier alpha value is -5.14. The monoisotopic (exact) mass is 780 g/mol. The van der Waals surface area contributed by atoms with Gasteiger partial charge in [-0.1, -0.05) is 54.6 Å². The molecule has 49 heavy (non-hydrogen) atoms. The normalized spacial score (nSPS) is 14.7. The van der Waals surface area contributed by atoms with E-state index in [0.717, 1.165) is 36.5 Å². The van der Waals surface area contributed by atoms with Crippen molar-refractivity contribution in [3.63, 3.8) is 0 Å². The molecule has 1 fully saturated rings. The molecule has 244 valence electrons. The van der Waals surface area contributed by atoms with Gasteiger partial charge in [0.1, 0.15) is 6.61 Å². The number of nitrogens with zero attached hydrogens (tertiary/aromatic N) is 3. The number of rotatable bonds is 10. The van der Waals surface area contributed by atoms with Gasteiger partial charge in [0.2, 0.25) is 0 Å². The molecule has 1 aliphatic heterocycles. The van der Waals surface area contributed by atoms with Crippen molar-refractivity contribution in [1.29, 1.82) is 0 Å². The summed E-state index contributed by atoms with van der Waals surface area (Å²) in [7, 11) is 1.60. The Kier molecular flexibility index (Phi) is 9.36. The van der Waals surface area contributed by atoms with Crippen LogP contribution in [0.25, 0.3) is 27.8 Å². The quantitative estimate of drug-likeness (QED) is 0.0643. The zero-order valence-electron chi connectivity index (χ0n) is 26.3. The van der Waals surface area contributed by atoms with E-state index >= 15 is 0 Å². The lowest BCUT2D eigenvalue weighted by Crippen LogP contribution is -2.31. The van der Waals surface area contributed by atoms with Gasteiger partial charge in [-0.05, 0) is 111 Å². The first-order valence-electron chi connectivity index (χ1n) is 15.4. The molecule has 6 aromatic rings. The minimum absolute atomic E-state index is 0.0240. The van der Waals surface area contributed by atoms with E-state index in [9.17, 15) is 14.9 Å². The Bertz CT molecular complexity index is 2280. The van der Waals surface area contributed by atoms with Crippen LogP contribution in [-0.2, 0) is 17.8 Å². The predicted molar refractivity (Wildman–Crippen MR) is 203 cm³/mol. The number of hydrogen-bond acceptors (Lipinski definition) is 7. The first-order valence-corrected chi connectivity index (χ1v) is 17.3. The van der Waals surface area contributed by atoms with Crippen LogP contribution in [0, 0.1) is 13.7 Å². The number of fused-ring (bicyclic) bond motifs is 2. The van der Waals surface area contributed by atoms with Crippen molar-refractivity contribution in [2.75, 3.05) is 13.7 Å². The number of nitro benzene ring substituents is 1. The second-order valence-electron chi connectivity index (χ2n) is 11.3. The molecular weight excluding hydrogens is 751 g/mol. The Balaban J connectivity index is 1.15. The molecule has 1 N–H and O–H groups in total. The van der Waals surface area contributed by atoms with E-state index in [4.69, 9.17) is 14.5 Å². The van der Waals surface area contributed by atoms with Crippen molar-refractivity contribution < 1.29 is 19.2 Å². The number of halogens is 1. The van der Waals surface area contributed by atoms with Crippen molar-refractivity contribution in [1.82, 2.24) is 9.88 Å². The molecule has 0 unspecified atom stereocenters. The SMILES string of the molecule is COc1cc(/C=C2\SC(=Nc3ccc([N+](=O)[O-])cc3)N(CCc3c[nH]c4ccccc34)C2=O)cc(I)c1OCc1ccc2ccccc2c1. The Labute approximate surface area is 299 Å². The fourth-order valence-electron chi connectivity index (χ4n) is 5.72. The maximum Gasteiger partial charge on any atom is 0.269 e. The minimum atomic E-state index is -0.450. The number of amides is 1. The first-order chi connectivity index (χ1) is 23.9. The van der Waals surface area contributed by atoms with Gasteiger partial charge in [0.25, 0.3) is 11.6 Å². The molecule has 0 atom stereocenters. The third-order valence-corrected chi connectivity index (χ3v) is 10.0. The highest BCUT2D eigenvalue weighted by Gasteiger charge is 2.33. The highest BCUT2D eigenvalue weighted by Crippen LogP contribution is 2.39. The van der Waals surface area contributed by atoms with E-state index in [2.05, 4.69) is 64.0 Å². The number of hydrogen-bond donors (Lipinski definition) is 1. The van der Waals surface area contributed by atoms with Crippen LogP contribution >= 0.6 is 34.4 Å². The molecule has 0 spiro atoms. The van der Waals surface area contributed by atoms with Gasteiger partial charge in [-0.25, -0.2) is 4.99 Å². The molecule has 9 nitrogen and oxygen atoms in total. The molecular formula is C38H29IN4O5S. The third-order valence-electron chi connectivity index (χ3n) is 8.20. The molecule has 1 aliphatic rings. The number of nitrogens with one attached hydrogen (secondary N) is 1. The van der Waals surface area contributed by atoms with Crippen molar-refractivity contribution in [3.05, 3.63) is 145 Å². The molecule has 5 aromatic carbocycles. The molecule has 1 amide bonds. The first kappa shape index (κ1) is 32.4. The second kappa shape index (κ2) is 14.1. The number of aliphatic imine (C=N–C) groups is 1. The molecule has 2 heterocycles. The summed E-state index contributed by atoms with van der Waals surface area (Å²) in [5, 5.41) is 15.1. The van der Waals surface area contributed by atoms with Crippen molar-refractivity contribution in [2.24, 2.45) is 4.99 Å². The van der Waals surface area contributed by atoms with Gasteiger partial charge in [-0.3, -0.25) is 19.8 Å². The number of aromatic amines is 1. The highest BCUT2D eigenvalue weighted by molar-refractivity contribution is 14.1. The lowest BCUT2D eigenvalue weighted by Gasteiger charge is -2.15. The second-order valence-corrected chi connectivity index (χ2v) is 13.5. The van der Waals surface area contributed by atoms with E-state index in [1.165, 1.54) is 29.3 Å². The number of nitro groups is 1. The zero-order valence-corrected chi connectivity index (χ0v) is 29.2. The van der Waals surface area contributed by atoms with Crippen LogP contribution in [0.3, 0.4) is 0 Å². The fourth-order valence-corrected chi connectivity index (χ4v) is 7.52. The number of methoxy groups -OCH3 is 1. The minimum Gasteiger partial charge on any atom is -0.493 e. The van der Waals surface area contributed by atoms with Gasteiger partial charge in [0.15, 0.2) is 16.7 Å². The Morgan fingerprint density at radius 3 is 2.55 bits per heavy atom. The van der Waals surface area contributed by atoms with Crippen LogP contribution in [0.2, 0.25) is 0 Å². The maximum atomic E-state index is 13.9. The summed E-state index contributed by atoms with van der Waals surface area (Å²) in [5.41, 5.74) is 4.45. The third kappa shape index (κ3) is 7.03. The van der Waals surface area contributed by atoms with Crippen molar-refractivity contribution in [3.8, 4) is 11.5 Å². The van der Waals surface area contributed by atoms with Gasteiger partial charge in [-0.2, -0.15) is 0 Å². The fraction of sp³-hybridized carbons (Fsp3) is 0.105. The molecule has 0 saturated carbocycles. The zero-order chi connectivity index (χ0) is 33.9. The summed E-state index contributed by atoms with van der Waals surface area (Å²) in [5.74, 6) is 1.02. The summed E-state index contributed by atoms with van der Waals surface area (Å²) in [6.07, 6.45) is 4.42. The molecule has 7 rings (SSSR count). The Morgan fingerprint density at radius 2 is 1.76 bits per heavy atom. The largest absolute Gasteiger partial charge is 0.493 e. The number of ether oxygens (including phenoxy) is 2. The summed E-state index contributed by atoms with van der Waals surface area (Å²) in [6, 6.07) is 32.3. The van der Waals surface area contributed by atoms with Crippen LogP contribution in [0.1, 0.15) is 16.7 Å². The molecule has 0 aliphatic carbocycles. The number of amidine groups is 1. The van der Waals surface area contributed by atoms with E-state index in [1.807, 2.05) is 54.7 Å². The number of carbonyl (C=O) groups is 1. The van der Waals surface area contributed by atoms with Crippen LogP contribution in [0.4, 0.5) is 11.4 Å². The standard InChI is InChI=1S/C38H29IN4O5S/c1-47-34-20-25(19-32(39)36(34)48-23-24-10-11-26-6-2-3-7-27(26)18-24)21-35-37(44)42(17-16-28-22-40-33-9-5-4-8-31(28)33)38(49-35)41-29-12-14-30(15-13-29)43(45)46/h2-15,18-22,40H,16-17,23H2,1H3/b35-21-,41-38?. The van der Waals surface area contributed by atoms with Gasteiger partial charge < -0.3 is 14.5 Å². The number of H-pyrrole nitrogens is 1. The molecule has 0 bridgehead atoms. The number of carbonyl (C=O) groups excluding carboxylic acids is 1. The van der Waals surface area contributed by atoms with Gasteiger partial charge in [-0.15, -0.1) is 0 Å². The van der Waals surface area contributed by atoms with Crippen LogP contribution < -0.4 is 9.47 Å². The van der Waals surface area contributed by atoms with Crippen LogP contribution in [0.15, 0.2) is 119 Å². The molecule has 1 aromatic heterocycles. The van der Waals surface area contributed by atoms with E-state index in [0.29, 0.717) is 46.8 Å². The van der Waals surface area contributed by atoms with Gasteiger partial charge in [0, 0.05) is 35.8 Å². The molecule has 0 radical (unpaired) electrons. The van der Waals surface area contributed by atoms with Gasteiger partial charge >= 0.3 is 0 Å². The van der Waals surface area contributed by atoms with Crippen molar-refractivity contribution >= 4 is 84.6 Å².